The van der Waals surface area contributed by atoms with Crippen LogP contribution in [0.25, 0.3) is 0 Å². The maximum atomic E-state index is 14.6. The van der Waals surface area contributed by atoms with Gasteiger partial charge in [-0.05, 0) is 74.2 Å². The Kier molecular flexibility index (Phi) is 12.5. The molecular weight excluding hydrogens is 657 g/mol. The van der Waals surface area contributed by atoms with Gasteiger partial charge in [-0.3, -0.25) is 0 Å². The lowest BCUT2D eigenvalue weighted by Crippen LogP contribution is -2.09. The molecule has 0 aromatic heterocycles. The van der Waals surface area contributed by atoms with Crippen LogP contribution in [0.15, 0.2) is 112 Å². The molecule has 1 aliphatic rings. The molecule has 0 radical (unpaired) electrons. The second-order valence-corrected chi connectivity index (χ2v) is 15.5. The van der Waals surface area contributed by atoms with Gasteiger partial charge in [-0.2, -0.15) is 0 Å². The molecule has 4 aromatic carbocycles. The molecule has 0 spiro atoms. The Morgan fingerprint density at radius 3 is 1.11 bits per heavy atom. The van der Waals surface area contributed by atoms with Gasteiger partial charge in [0.2, 0.25) is 0 Å². The first kappa shape index (κ1) is 34.4. The zero-order chi connectivity index (χ0) is 32.5. The number of hydrogen-bond acceptors (Lipinski definition) is 8. The van der Waals surface area contributed by atoms with Gasteiger partial charge in [-0.25, -0.2) is 8.42 Å². The van der Waals surface area contributed by atoms with Gasteiger partial charge in [-0.1, -0.05) is 75.5 Å². The minimum atomic E-state index is -1.71. The van der Waals surface area contributed by atoms with E-state index in [1.807, 2.05) is 75.4 Å². The topological polar surface area (TPSA) is 71.1 Å². The largest absolute Gasteiger partial charge is 0.491 e. The normalized spacial score (nSPS) is 15.7. The molecular formula is C36H40O6S4. The van der Waals surface area contributed by atoms with E-state index in [1.165, 1.54) is 23.5 Å². The summed E-state index contributed by atoms with van der Waals surface area (Å²) in [7, 11) is -3.41. The van der Waals surface area contributed by atoms with E-state index in [0.717, 1.165) is 51.0 Å². The van der Waals surface area contributed by atoms with Crippen molar-refractivity contribution in [3.63, 3.8) is 0 Å². The molecule has 0 N–H and O–H groups in total. The van der Waals surface area contributed by atoms with Crippen LogP contribution in [0, 0.1) is 0 Å². The predicted octanol–water partition coefficient (Wildman–Crippen LogP) is 9.79. The third kappa shape index (κ3) is 7.62. The van der Waals surface area contributed by atoms with Crippen LogP contribution < -0.4 is 18.9 Å². The Balaban J connectivity index is 1.82. The molecule has 0 fully saturated rings. The van der Waals surface area contributed by atoms with Crippen molar-refractivity contribution in [2.75, 3.05) is 26.4 Å². The van der Waals surface area contributed by atoms with Crippen LogP contribution in [-0.2, 0) is 21.6 Å². The molecule has 5 rings (SSSR count). The highest BCUT2D eigenvalue weighted by molar-refractivity contribution is 8.00. The van der Waals surface area contributed by atoms with Gasteiger partial charge >= 0.3 is 0 Å². The maximum absolute atomic E-state index is 14.6. The van der Waals surface area contributed by atoms with Crippen LogP contribution >= 0.6 is 23.5 Å². The predicted molar refractivity (Wildman–Crippen MR) is 187 cm³/mol. The van der Waals surface area contributed by atoms with E-state index >= 15 is 0 Å². The standard InChI is InChI=1S/C36H40O6S4/c1-5-21-39-33-25-13-9-14-26(33)44-28-16-11-18-30(35(28)41-23-7-3)46(38)32-20-12-19-31(36(32)42-24-8-4)45(37)29-17-10-15-27(43-25)34(29)40-22-6-2/h9-20H,5-8,21-24H2,1-4H3. The van der Waals surface area contributed by atoms with Gasteiger partial charge in [0.25, 0.3) is 0 Å². The molecule has 8 bridgehead atoms. The highest BCUT2D eigenvalue weighted by Crippen LogP contribution is 2.50. The van der Waals surface area contributed by atoms with Gasteiger partial charge in [0.05, 0.1) is 87.2 Å². The summed E-state index contributed by atoms with van der Waals surface area (Å²) in [6, 6.07) is 22.9. The van der Waals surface area contributed by atoms with Crippen molar-refractivity contribution < 1.29 is 27.4 Å². The molecule has 2 atom stereocenters. The number of rotatable bonds is 12. The second kappa shape index (κ2) is 16.8. The summed E-state index contributed by atoms with van der Waals surface area (Å²) < 4.78 is 54.6. The Morgan fingerprint density at radius 1 is 0.435 bits per heavy atom. The van der Waals surface area contributed by atoms with Gasteiger partial charge in [0.15, 0.2) is 5.75 Å². The molecule has 0 saturated carbocycles. The van der Waals surface area contributed by atoms with Crippen LogP contribution in [-0.4, -0.2) is 34.8 Å². The lowest BCUT2D eigenvalue weighted by Gasteiger charge is -2.21. The Bertz CT molecular complexity index is 1600. The Hall–Kier alpha value is -2.92. The molecule has 1 aliphatic heterocycles. The van der Waals surface area contributed by atoms with Crippen LogP contribution in [0.1, 0.15) is 53.4 Å². The van der Waals surface area contributed by atoms with E-state index < -0.39 is 21.6 Å². The summed E-state index contributed by atoms with van der Waals surface area (Å²) in [4.78, 5) is 5.46. The molecule has 0 aliphatic carbocycles. The molecule has 1 heterocycles. The third-order valence-corrected chi connectivity index (χ3v) is 11.9. The fourth-order valence-electron chi connectivity index (χ4n) is 4.75. The summed E-state index contributed by atoms with van der Waals surface area (Å²) in [6.45, 7) is 10.1. The molecule has 46 heavy (non-hydrogen) atoms. The number of hydrogen-bond donors (Lipinski definition) is 0. The van der Waals surface area contributed by atoms with E-state index in [9.17, 15) is 8.42 Å². The lowest BCUT2D eigenvalue weighted by molar-refractivity contribution is 0.298. The molecule has 2 unspecified atom stereocenters. The van der Waals surface area contributed by atoms with Crippen molar-refractivity contribution in [3.05, 3.63) is 72.8 Å². The molecule has 0 amide bonds. The number of ether oxygens (including phenoxy) is 4. The maximum Gasteiger partial charge on any atom is 0.152 e. The van der Waals surface area contributed by atoms with Gasteiger partial charge < -0.3 is 18.9 Å². The van der Waals surface area contributed by atoms with Gasteiger partial charge in [0.1, 0.15) is 17.2 Å². The van der Waals surface area contributed by atoms with Crippen molar-refractivity contribution in [2.24, 2.45) is 0 Å². The average molecular weight is 697 g/mol. The third-order valence-electron chi connectivity index (χ3n) is 6.81. The second-order valence-electron chi connectivity index (χ2n) is 10.5. The average Bonchev–Trinajstić information content (AvgIpc) is 3.08. The van der Waals surface area contributed by atoms with Crippen LogP contribution in [0.2, 0.25) is 0 Å². The highest BCUT2D eigenvalue weighted by Gasteiger charge is 2.28. The van der Waals surface area contributed by atoms with Gasteiger partial charge in [0, 0.05) is 0 Å². The summed E-state index contributed by atoms with van der Waals surface area (Å²) in [5, 5.41) is 0. The van der Waals surface area contributed by atoms with E-state index in [4.69, 9.17) is 18.9 Å². The molecule has 244 valence electrons. The SMILES string of the molecule is CCCOc1c2cccc1Sc1cccc(c1OCCC)S(=O)c1cccc(c1OCCC)S(=O)c1cccc(c1OCCC)S2. The lowest BCUT2D eigenvalue weighted by atomic mass is 10.3. The number of fused-ring (bicyclic) bond motifs is 8. The molecule has 6 nitrogen and oxygen atoms in total. The molecule has 0 saturated heterocycles. The minimum absolute atomic E-state index is 0.368. The van der Waals surface area contributed by atoms with Crippen molar-refractivity contribution in [2.45, 2.75) is 92.5 Å². The Morgan fingerprint density at radius 2 is 0.717 bits per heavy atom. The van der Waals surface area contributed by atoms with Gasteiger partial charge in [-0.15, -0.1) is 0 Å². The van der Waals surface area contributed by atoms with Crippen molar-refractivity contribution in [1.29, 1.82) is 0 Å². The highest BCUT2D eigenvalue weighted by atomic mass is 32.2. The molecule has 4 aromatic rings. The van der Waals surface area contributed by atoms with Crippen LogP contribution in [0.3, 0.4) is 0 Å². The summed E-state index contributed by atoms with van der Waals surface area (Å²) >= 11 is 3.07. The van der Waals surface area contributed by atoms with Crippen LogP contribution in [0.5, 0.6) is 23.0 Å². The molecule has 10 heteroatoms. The van der Waals surface area contributed by atoms with Crippen molar-refractivity contribution in [3.8, 4) is 23.0 Å². The monoisotopic (exact) mass is 696 g/mol. The first-order valence-electron chi connectivity index (χ1n) is 15.7. The summed E-state index contributed by atoms with van der Waals surface area (Å²) in [5.74, 6) is 2.25. The van der Waals surface area contributed by atoms with E-state index in [1.54, 1.807) is 18.2 Å². The van der Waals surface area contributed by atoms with Crippen molar-refractivity contribution >= 4 is 45.1 Å². The zero-order valence-electron chi connectivity index (χ0n) is 26.7. The fourth-order valence-corrected chi connectivity index (χ4v) is 9.74. The quantitative estimate of drug-likeness (QED) is 0.128. The zero-order valence-corrected chi connectivity index (χ0v) is 29.9. The summed E-state index contributed by atoms with van der Waals surface area (Å²) in [5.41, 5.74) is 0. The van der Waals surface area contributed by atoms with E-state index in [-0.39, 0.29) is 0 Å². The van der Waals surface area contributed by atoms with E-state index in [2.05, 4.69) is 6.92 Å². The van der Waals surface area contributed by atoms with E-state index in [0.29, 0.717) is 63.3 Å². The first-order chi connectivity index (χ1) is 22.5. The Labute approximate surface area is 285 Å². The fraction of sp³-hybridized carbons (Fsp3) is 0.333. The van der Waals surface area contributed by atoms with Crippen molar-refractivity contribution in [1.82, 2.24) is 0 Å². The smallest absolute Gasteiger partial charge is 0.152 e. The number of para-hydroxylation sites is 4. The number of benzene rings is 4. The van der Waals surface area contributed by atoms with Crippen LogP contribution in [0.4, 0.5) is 0 Å². The summed E-state index contributed by atoms with van der Waals surface area (Å²) in [6.07, 6.45) is 3.17. The minimum Gasteiger partial charge on any atom is -0.491 e. The first-order valence-corrected chi connectivity index (χ1v) is 19.7.